The van der Waals surface area contributed by atoms with Gasteiger partial charge in [-0.25, -0.2) is 5.21 Å². The number of nitrogens with one attached hydrogen (secondary N) is 1. The first-order valence-corrected chi connectivity index (χ1v) is 9.60. The molecule has 4 atom stereocenters. The van der Waals surface area contributed by atoms with Gasteiger partial charge >= 0.3 is 0 Å². The van der Waals surface area contributed by atoms with Gasteiger partial charge in [-0.15, -0.1) is 0 Å². The van der Waals surface area contributed by atoms with E-state index in [1.165, 1.54) is 6.92 Å². The number of hydrogen-bond acceptors (Lipinski definition) is 3. The molecule has 1 aliphatic rings. The molecular formula is C20H23Cl2N2O3+. The van der Waals surface area contributed by atoms with E-state index in [4.69, 9.17) is 23.2 Å². The summed E-state index contributed by atoms with van der Waals surface area (Å²) in [5.41, 5.74) is 1.60. The van der Waals surface area contributed by atoms with Crippen LogP contribution < -0.4 is 5.32 Å². The Kier molecular flexibility index (Phi) is 6.08. The molecular weight excluding hydrogens is 387 g/mol. The smallest absolute Gasteiger partial charge is 0.217 e. The van der Waals surface area contributed by atoms with E-state index in [-0.39, 0.29) is 17.1 Å². The lowest BCUT2D eigenvalue weighted by atomic mass is 9.91. The number of carbonyl (C=O) groups excluding carboxylic acids is 1. The van der Waals surface area contributed by atoms with Crippen LogP contribution in [0.4, 0.5) is 0 Å². The second-order valence-electron chi connectivity index (χ2n) is 7.04. The SMILES string of the molecule is CC(=O)N[C@@H](c1ccccc1)C(c1ccc(Cl)c(Cl)c1)[N+]1(O)CC[C@@H](O)C1. The number of rotatable bonds is 5. The number of aliphatic hydroxyl groups excluding tert-OH is 1. The van der Waals surface area contributed by atoms with Gasteiger partial charge < -0.3 is 10.4 Å². The van der Waals surface area contributed by atoms with Gasteiger partial charge in [0.25, 0.3) is 0 Å². The Balaban J connectivity index is 2.14. The average molecular weight is 410 g/mol. The normalized spacial score (nSPS) is 24.4. The largest absolute Gasteiger partial charge is 0.387 e. The molecule has 1 aliphatic heterocycles. The maximum absolute atomic E-state index is 12.0. The summed E-state index contributed by atoms with van der Waals surface area (Å²) in [6, 6.07) is 13.6. The Morgan fingerprint density at radius 2 is 1.85 bits per heavy atom. The zero-order valence-corrected chi connectivity index (χ0v) is 16.5. The fourth-order valence-electron chi connectivity index (χ4n) is 3.84. The van der Waals surface area contributed by atoms with Gasteiger partial charge in [-0.1, -0.05) is 59.6 Å². The summed E-state index contributed by atoms with van der Waals surface area (Å²) in [5, 5.41) is 25.3. The molecule has 27 heavy (non-hydrogen) atoms. The highest BCUT2D eigenvalue weighted by atomic mass is 35.5. The molecule has 3 rings (SSSR count). The maximum atomic E-state index is 12.0. The first-order valence-electron chi connectivity index (χ1n) is 8.85. The van der Waals surface area contributed by atoms with E-state index < -0.39 is 18.2 Å². The van der Waals surface area contributed by atoms with Crippen molar-refractivity contribution >= 4 is 29.1 Å². The second kappa shape index (κ2) is 8.17. The average Bonchev–Trinajstić information content (AvgIpc) is 2.97. The number of likely N-dealkylation sites (tertiary alicyclic amines) is 1. The number of quaternary nitrogens is 1. The second-order valence-corrected chi connectivity index (χ2v) is 7.86. The van der Waals surface area contributed by atoms with Gasteiger partial charge in [0.15, 0.2) is 6.04 Å². The highest BCUT2D eigenvalue weighted by Gasteiger charge is 2.49. The van der Waals surface area contributed by atoms with Crippen LogP contribution >= 0.6 is 23.2 Å². The minimum absolute atomic E-state index is 0.174. The number of nitrogens with zero attached hydrogens (tertiary/aromatic N) is 1. The lowest BCUT2D eigenvalue weighted by Crippen LogP contribution is -2.51. The molecule has 0 saturated carbocycles. The van der Waals surface area contributed by atoms with E-state index in [2.05, 4.69) is 5.32 Å². The lowest BCUT2D eigenvalue weighted by Gasteiger charge is -2.39. The molecule has 0 aromatic heterocycles. The first-order chi connectivity index (χ1) is 12.8. The van der Waals surface area contributed by atoms with Crippen molar-refractivity contribution in [2.75, 3.05) is 13.1 Å². The lowest BCUT2D eigenvalue weighted by molar-refractivity contribution is -1.12. The zero-order chi connectivity index (χ0) is 19.6. The van der Waals surface area contributed by atoms with Gasteiger partial charge in [0.05, 0.1) is 10.0 Å². The molecule has 2 aromatic carbocycles. The fourth-order valence-corrected chi connectivity index (χ4v) is 4.15. The van der Waals surface area contributed by atoms with Crippen LogP contribution in [0.1, 0.15) is 36.6 Å². The monoisotopic (exact) mass is 409 g/mol. The number of hydrogen-bond donors (Lipinski definition) is 3. The molecule has 0 bridgehead atoms. The van der Waals surface area contributed by atoms with Crippen LogP contribution in [0.3, 0.4) is 0 Å². The molecule has 0 aliphatic carbocycles. The molecule has 1 saturated heterocycles. The van der Waals surface area contributed by atoms with Crippen molar-refractivity contribution in [3.8, 4) is 0 Å². The van der Waals surface area contributed by atoms with Crippen LogP contribution in [0.25, 0.3) is 0 Å². The Bertz CT molecular complexity index is 818. The Morgan fingerprint density at radius 1 is 1.15 bits per heavy atom. The molecule has 7 heteroatoms. The number of hydroxylamine groups is 3. The number of amides is 1. The molecule has 2 aromatic rings. The number of benzene rings is 2. The Labute approximate surface area is 168 Å². The molecule has 5 nitrogen and oxygen atoms in total. The Hall–Kier alpha value is -1.63. The summed E-state index contributed by atoms with van der Waals surface area (Å²) in [6.45, 7) is 1.99. The standard InChI is InChI=1S/C20H22Cl2N2O3/c1-13(25)23-19(14-5-3-2-4-6-14)20(24(27)10-9-16(26)12-24)15-7-8-17(21)18(22)11-15/h2-8,11,16,19-20,26-27H,9-10,12H2,1H3/p+1/t16-,19+,20?,24?/m1/s1. The van der Waals surface area contributed by atoms with Crippen molar-refractivity contribution < 1.29 is 19.8 Å². The van der Waals surface area contributed by atoms with Gasteiger partial charge in [-0.05, 0) is 17.7 Å². The summed E-state index contributed by atoms with van der Waals surface area (Å²) >= 11 is 12.3. The quantitative estimate of drug-likeness (QED) is 0.656. The van der Waals surface area contributed by atoms with E-state index in [1.54, 1.807) is 18.2 Å². The van der Waals surface area contributed by atoms with Crippen LogP contribution in [0.15, 0.2) is 48.5 Å². The van der Waals surface area contributed by atoms with Gasteiger partial charge in [0.1, 0.15) is 25.2 Å². The fraction of sp³-hybridized carbons (Fsp3) is 0.350. The summed E-state index contributed by atoms with van der Waals surface area (Å²) in [4.78, 5) is 12.0. The summed E-state index contributed by atoms with van der Waals surface area (Å²) in [5.74, 6) is -0.208. The van der Waals surface area contributed by atoms with E-state index in [9.17, 15) is 15.1 Å². The number of halogens is 2. The van der Waals surface area contributed by atoms with Gasteiger partial charge in [-0.2, -0.15) is 4.65 Å². The third-order valence-corrected chi connectivity index (χ3v) is 5.75. The van der Waals surface area contributed by atoms with Crippen molar-refractivity contribution in [2.45, 2.75) is 31.5 Å². The van der Waals surface area contributed by atoms with E-state index in [0.29, 0.717) is 23.0 Å². The van der Waals surface area contributed by atoms with Crippen molar-refractivity contribution in [1.29, 1.82) is 0 Å². The van der Waals surface area contributed by atoms with Crippen molar-refractivity contribution in [3.05, 3.63) is 69.7 Å². The van der Waals surface area contributed by atoms with E-state index in [1.807, 2.05) is 30.3 Å². The van der Waals surface area contributed by atoms with Crippen molar-refractivity contribution in [3.63, 3.8) is 0 Å². The molecule has 144 valence electrons. The molecule has 0 radical (unpaired) electrons. The van der Waals surface area contributed by atoms with Crippen LogP contribution in [-0.4, -0.2) is 40.1 Å². The van der Waals surface area contributed by atoms with Crippen LogP contribution in [-0.2, 0) is 4.79 Å². The Morgan fingerprint density at radius 3 is 2.41 bits per heavy atom. The van der Waals surface area contributed by atoms with Crippen LogP contribution in [0.2, 0.25) is 10.0 Å². The molecule has 1 fully saturated rings. The predicted octanol–water partition coefficient (Wildman–Crippen LogP) is 3.88. The number of aliphatic hydroxyl groups is 1. The highest BCUT2D eigenvalue weighted by molar-refractivity contribution is 6.42. The van der Waals surface area contributed by atoms with Gasteiger partial charge in [0.2, 0.25) is 5.91 Å². The summed E-state index contributed by atoms with van der Waals surface area (Å²) in [6.07, 6.45) is -0.121. The maximum Gasteiger partial charge on any atom is 0.217 e. The molecule has 2 unspecified atom stereocenters. The summed E-state index contributed by atoms with van der Waals surface area (Å²) in [7, 11) is 0. The van der Waals surface area contributed by atoms with Crippen LogP contribution in [0.5, 0.6) is 0 Å². The highest BCUT2D eigenvalue weighted by Crippen LogP contribution is 2.42. The molecule has 0 spiro atoms. The first kappa shape index (κ1) is 20.1. The topological polar surface area (TPSA) is 69.6 Å². The number of carbonyl (C=O) groups is 1. The zero-order valence-electron chi connectivity index (χ0n) is 15.0. The van der Waals surface area contributed by atoms with E-state index in [0.717, 1.165) is 11.1 Å². The van der Waals surface area contributed by atoms with Crippen LogP contribution in [0, 0.1) is 0 Å². The minimum Gasteiger partial charge on any atom is -0.387 e. The summed E-state index contributed by atoms with van der Waals surface area (Å²) < 4.78 is -0.390. The third-order valence-electron chi connectivity index (χ3n) is 5.01. The molecule has 3 N–H and O–H groups in total. The van der Waals surface area contributed by atoms with Crippen molar-refractivity contribution in [2.24, 2.45) is 0 Å². The molecule has 1 heterocycles. The van der Waals surface area contributed by atoms with E-state index >= 15 is 0 Å². The van der Waals surface area contributed by atoms with Crippen molar-refractivity contribution in [1.82, 2.24) is 5.32 Å². The predicted molar refractivity (Wildman–Crippen MR) is 105 cm³/mol. The molecule has 1 amide bonds. The third kappa shape index (κ3) is 4.45. The van der Waals surface area contributed by atoms with Gasteiger partial charge in [0, 0.05) is 18.9 Å². The van der Waals surface area contributed by atoms with Gasteiger partial charge in [-0.3, -0.25) is 4.79 Å². The minimum atomic E-state index is -0.603.